The molecular formula is C14H14ClN3. The van der Waals surface area contributed by atoms with Crippen molar-refractivity contribution in [3.05, 3.63) is 53.4 Å². The molecule has 2 aromatic rings. The molecule has 1 aliphatic heterocycles. The Labute approximate surface area is 111 Å². The number of anilines is 1. The molecule has 92 valence electrons. The molecule has 1 fully saturated rings. The maximum Gasteiger partial charge on any atom is 0.147 e. The smallest absolute Gasteiger partial charge is 0.147 e. The van der Waals surface area contributed by atoms with Crippen molar-refractivity contribution in [2.24, 2.45) is 0 Å². The molecule has 0 aromatic carbocycles. The summed E-state index contributed by atoms with van der Waals surface area (Å²) in [4.78, 5) is 10.9. The Kier molecular flexibility index (Phi) is 3.15. The third-order valence-electron chi connectivity index (χ3n) is 3.33. The number of hydrogen-bond acceptors (Lipinski definition) is 3. The third-order valence-corrected chi connectivity index (χ3v) is 3.63. The highest BCUT2D eigenvalue weighted by Crippen LogP contribution is 2.37. The van der Waals surface area contributed by atoms with Crippen LogP contribution in [0.1, 0.15) is 24.4 Å². The Balaban J connectivity index is 1.95. The summed E-state index contributed by atoms with van der Waals surface area (Å²) in [6.07, 6.45) is 7.81. The molecule has 1 unspecified atom stereocenters. The van der Waals surface area contributed by atoms with Gasteiger partial charge in [0, 0.05) is 25.1 Å². The molecule has 3 nitrogen and oxygen atoms in total. The van der Waals surface area contributed by atoms with Gasteiger partial charge >= 0.3 is 0 Å². The van der Waals surface area contributed by atoms with Gasteiger partial charge in [0.2, 0.25) is 0 Å². The lowest BCUT2D eigenvalue weighted by Crippen LogP contribution is -2.23. The molecule has 4 heteroatoms. The van der Waals surface area contributed by atoms with Crippen LogP contribution in [0, 0.1) is 0 Å². The molecular weight excluding hydrogens is 246 g/mol. The maximum absolute atomic E-state index is 6.24. The molecule has 18 heavy (non-hydrogen) atoms. The fourth-order valence-electron chi connectivity index (χ4n) is 2.53. The number of pyridine rings is 2. The van der Waals surface area contributed by atoms with Gasteiger partial charge in [-0.3, -0.25) is 4.98 Å². The molecule has 0 N–H and O–H groups in total. The Morgan fingerprint density at radius 3 is 2.89 bits per heavy atom. The molecule has 0 spiro atoms. The summed E-state index contributed by atoms with van der Waals surface area (Å²) in [6.45, 7) is 0.996. The summed E-state index contributed by atoms with van der Waals surface area (Å²) >= 11 is 6.24. The van der Waals surface area contributed by atoms with Gasteiger partial charge < -0.3 is 4.90 Å². The lowest BCUT2D eigenvalue weighted by atomic mass is 10.1. The minimum atomic E-state index is 0.339. The highest BCUT2D eigenvalue weighted by molar-refractivity contribution is 6.32. The van der Waals surface area contributed by atoms with Gasteiger partial charge in [-0.05, 0) is 36.6 Å². The van der Waals surface area contributed by atoms with Crippen LogP contribution in [-0.2, 0) is 0 Å². The molecule has 3 heterocycles. The van der Waals surface area contributed by atoms with Crippen LogP contribution in [0.3, 0.4) is 0 Å². The topological polar surface area (TPSA) is 29.0 Å². The van der Waals surface area contributed by atoms with Crippen molar-refractivity contribution in [2.45, 2.75) is 18.9 Å². The fraction of sp³-hybridized carbons (Fsp3) is 0.286. The SMILES string of the molecule is Clc1cccnc1N1CCCC1c1cccnc1. The maximum atomic E-state index is 6.24. The van der Waals surface area contributed by atoms with Gasteiger partial charge in [0.1, 0.15) is 5.82 Å². The third kappa shape index (κ3) is 2.06. The van der Waals surface area contributed by atoms with Gasteiger partial charge in [0.05, 0.1) is 11.1 Å². The van der Waals surface area contributed by atoms with Crippen LogP contribution < -0.4 is 4.90 Å². The molecule has 0 amide bonds. The van der Waals surface area contributed by atoms with Gasteiger partial charge in [-0.1, -0.05) is 17.7 Å². The lowest BCUT2D eigenvalue weighted by molar-refractivity contribution is 0.708. The predicted octanol–water partition coefficient (Wildman–Crippen LogP) is 3.47. The first-order valence-electron chi connectivity index (χ1n) is 6.13. The minimum absolute atomic E-state index is 0.339. The van der Waals surface area contributed by atoms with E-state index >= 15 is 0 Å². The van der Waals surface area contributed by atoms with Crippen LogP contribution in [0.2, 0.25) is 5.02 Å². The van der Waals surface area contributed by atoms with Crippen molar-refractivity contribution in [3.63, 3.8) is 0 Å². The first-order chi connectivity index (χ1) is 8.86. The Morgan fingerprint density at radius 1 is 1.22 bits per heavy atom. The highest BCUT2D eigenvalue weighted by Gasteiger charge is 2.28. The van der Waals surface area contributed by atoms with Crippen molar-refractivity contribution < 1.29 is 0 Å². The Morgan fingerprint density at radius 2 is 2.11 bits per heavy atom. The second-order valence-electron chi connectivity index (χ2n) is 4.45. The van der Waals surface area contributed by atoms with Crippen molar-refractivity contribution in [1.82, 2.24) is 9.97 Å². The van der Waals surface area contributed by atoms with Crippen LogP contribution >= 0.6 is 11.6 Å². The average Bonchev–Trinajstić information content (AvgIpc) is 2.89. The van der Waals surface area contributed by atoms with Crippen molar-refractivity contribution in [2.75, 3.05) is 11.4 Å². The van der Waals surface area contributed by atoms with Crippen LogP contribution in [0.5, 0.6) is 0 Å². The lowest BCUT2D eigenvalue weighted by Gasteiger charge is -2.26. The first-order valence-corrected chi connectivity index (χ1v) is 6.51. The number of halogens is 1. The molecule has 0 aliphatic carbocycles. The number of aromatic nitrogens is 2. The molecule has 2 aromatic heterocycles. The summed E-state index contributed by atoms with van der Waals surface area (Å²) in [5, 5.41) is 0.716. The summed E-state index contributed by atoms with van der Waals surface area (Å²) in [5.74, 6) is 0.880. The van der Waals surface area contributed by atoms with E-state index in [0.717, 1.165) is 25.2 Å². The molecule has 0 saturated carbocycles. The normalized spacial score (nSPS) is 19.2. The largest absolute Gasteiger partial charge is 0.348 e. The highest BCUT2D eigenvalue weighted by atomic mass is 35.5. The van der Waals surface area contributed by atoms with E-state index in [9.17, 15) is 0 Å². The van der Waals surface area contributed by atoms with E-state index in [2.05, 4.69) is 20.9 Å². The summed E-state index contributed by atoms with van der Waals surface area (Å²) in [6, 6.07) is 8.19. The van der Waals surface area contributed by atoms with E-state index in [0.29, 0.717) is 11.1 Å². The van der Waals surface area contributed by atoms with Crippen LogP contribution in [0.15, 0.2) is 42.9 Å². The summed E-state index contributed by atoms with van der Waals surface area (Å²) in [7, 11) is 0. The van der Waals surface area contributed by atoms with Crippen molar-refractivity contribution in [3.8, 4) is 0 Å². The van der Waals surface area contributed by atoms with E-state index in [-0.39, 0.29) is 0 Å². The quantitative estimate of drug-likeness (QED) is 0.827. The Hall–Kier alpha value is -1.61. The molecule has 0 radical (unpaired) electrons. The Bertz CT molecular complexity index is 530. The second kappa shape index (κ2) is 4.94. The van der Waals surface area contributed by atoms with Gasteiger partial charge in [-0.15, -0.1) is 0 Å². The summed E-state index contributed by atoms with van der Waals surface area (Å²) in [5.41, 5.74) is 1.23. The molecule has 0 bridgehead atoms. The van der Waals surface area contributed by atoms with Crippen LogP contribution in [0.25, 0.3) is 0 Å². The molecule has 1 saturated heterocycles. The van der Waals surface area contributed by atoms with Crippen LogP contribution in [0.4, 0.5) is 5.82 Å². The van der Waals surface area contributed by atoms with Gasteiger partial charge in [0.15, 0.2) is 0 Å². The summed E-state index contributed by atoms with van der Waals surface area (Å²) < 4.78 is 0. The predicted molar refractivity (Wildman–Crippen MR) is 72.8 cm³/mol. The van der Waals surface area contributed by atoms with Crippen molar-refractivity contribution in [1.29, 1.82) is 0 Å². The zero-order chi connectivity index (χ0) is 12.4. The molecule has 1 aliphatic rings. The average molecular weight is 260 g/mol. The minimum Gasteiger partial charge on any atom is -0.348 e. The molecule has 1 atom stereocenters. The number of nitrogens with zero attached hydrogens (tertiary/aromatic N) is 3. The van der Waals surface area contributed by atoms with E-state index < -0.39 is 0 Å². The van der Waals surface area contributed by atoms with E-state index in [4.69, 9.17) is 11.6 Å². The number of rotatable bonds is 2. The standard InChI is InChI=1S/C14H14ClN3/c15-12-5-2-8-17-14(12)18-9-3-6-13(18)11-4-1-7-16-10-11/h1-2,4-5,7-8,10,13H,3,6,9H2. The van der Waals surface area contributed by atoms with E-state index in [1.807, 2.05) is 24.4 Å². The van der Waals surface area contributed by atoms with Gasteiger partial charge in [-0.2, -0.15) is 0 Å². The molecule has 3 rings (SSSR count). The van der Waals surface area contributed by atoms with E-state index in [1.165, 1.54) is 5.56 Å². The van der Waals surface area contributed by atoms with Gasteiger partial charge in [-0.25, -0.2) is 4.98 Å². The van der Waals surface area contributed by atoms with Crippen molar-refractivity contribution >= 4 is 17.4 Å². The van der Waals surface area contributed by atoms with E-state index in [1.54, 1.807) is 12.4 Å². The van der Waals surface area contributed by atoms with Crippen LogP contribution in [-0.4, -0.2) is 16.5 Å². The number of hydrogen-bond donors (Lipinski definition) is 0. The van der Waals surface area contributed by atoms with Gasteiger partial charge in [0.25, 0.3) is 0 Å². The fourth-order valence-corrected chi connectivity index (χ4v) is 2.76. The zero-order valence-corrected chi connectivity index (χ0v) is 10.7. The monoisotopic (exact) mass is 259 g/mol. The second-order valence-corrected chi connectivity index (χ2v) is 4.85. The first kappa shape index (κ1) is 11.5. The zero-order valence-electron chi connectivity index (χ0n) is 9.96.